The minimum Gasteiger partial charge on any atom is -0.311 e. The summed E-state index contributed by atoms with van der Waals surface area (Å²) in [6, 6.07) is 7.19. The molecular weight excluding hydrogens is 225 g/mol. The summed E-state index contributed by atoms with van der Waals surface area (Å²) in [6.07, 6.45) is 4.28. The summed E-state index contributed by atoms with van der Waals surface area (Å²) in [5.74, 6) is 0. The van der Waals surface area contributed by atoms with E-state index in [1.54, 1.807) is 0 Å². The van der Waals surface area contributed by atoms with Crippen molar-refractivity contribution >= 4 is 0 Å². The molecule has 0 aliphatic carbocycles. The number of rotatable bonds is 2. The molecule has 2 heteroatoms. The number of aryl methyl sites for hydroxylation is 2. The molecule has 0 amide bonds. The van der Waals surface area contributed by atoms with Crippen LogP contribution >= 0.6 is 0 Å². The Labute approximate surface area is 109 Å². The number of benzene rings is 1. The molecule has 2 aliphatic rings. The molecule has 2 heterocycles. The van der Waals surface area contributed by atoms with Crippen molar-refractivity contribution < 1.29 is 4.39 Å². The number of piperidine rings is 1. The van der Waals surface area contributed by atoms with Gasteiger partial charge < -0.3 is 5.32 Å². The third-order valence-corrected chi connectivity index (χ3v) is 4.65. The van der Waals surface area contributed by atoms with Crippen LogP contribution in [0.15, 0.2) is 18.2 Å². The van der Waals surface area contributed by atoms with Gasteiger partial charge >= 0.3 is 0 Å². The van der Waals surface area contributed by atoms with E-state index < -0.39 is 5.67 Å². The van der Waals surface area contributed by atoms with Crippen molar-refractivity contribution in [1.29, 1.82) is 0 Å². The monoisotopic (exact) mass is 247 g/mol. The first-order valence-corrected chi connectivity index (χ1v) is 7.05. The Morgan fingerprint density at radius 1 is 1.17 bits per heavy atom. The predicted octanol–water partition coefficient (Wildman–Crippen LogP) is 3.47. The van der Waals surface area contributed by atoms with Crippen molar-refractivity contribution in [2.45, 2.75) is 63.7 Å². The number of hydrogen-bond acceptors (Lipinski definition) is 1. The summed E-state index contributed by atoms with van der Waals surface area (Å²) in [5.41, 5.74) is 2.73. The first-order chi connectivity index (χ1) is 8.54. The summed E-state index contributed by atoms with van der Waals surface area (Å²) in [7, 11) is 0. The highest BCUT2D eigenvalue weighted by Crippen LogP contribution is 2.39. The normalized spacial score (nSPS) is 34.8. The fourth-order valence-corrected chi connectivity index (χ4v) is 3.61. The topological polar surface area (TPSA) is 12.0 Å². The van der Waals surface area contributed by atoms with Crippen molar-refractivity contribution in [1.82, 2.24) is 5.32 Å². The fourth-order valence-electron chi connectivity index (χ4n) is 3.61. The van der Waals surface area contributed by atoms with Gasteiger partial charge in [0.2, 0.25) is 0 Å². The summed E-state index contributed by atoms with van der Waals surface area (Å²) in [5, 5.41) is 3.51. The van der Waals surface area contributed by atoms with Crippen LogP contribution in [0.25, 0.3) is 0 Å². The minimum atomic E-state index is -0.987. The molecule has 1 aromatic rings. The molecule has 0 radical (unpaired) electrons. The van der Waals surface area contributed by atoms with Crippen molar-refractivity contribution in [2.75, 3.05) is 0 Å². The molecule has 2 bridgehead atoms. The second-order valence-corrected chi connectivity index (χ2v) is 6.29. The number of fused-ring (bicyclic) bond motifs is 2. The van der Waals surface area contributed by atoms with Gasteiger partial charge in [0.25, 0.3) is 0 Å². The van der Waals surface area contributed by atoms with Crippen molar-refractivity contribution in [2.24, 2.45) is 0 Å². The van der Waals surface area contributed by atoms with E-state index in [9.17, 15) is 4.39 Å². The van der Waals surface area contributed by atoms with Gasteiger partial charge in [0.05, 0.1) is 0 Å². The second kappa shape index (κ2) is 4.34. The lowest BCUT2D eigenvalue weighted by Crippen LogP contribution is -2.47. The fraction of sp³-hybridized carbons (Fsp3) is 0.625. The van der Waals surface area contributed by atoms with Crippen LogP contribution in [0.1, 0.15) is 42.4 Å². The number of halogens is 1. The van der Waals surface area contributed by atoms with E-state index in [1.807, 2.05) is 0 Å². The van der Waals surface area contributed by atoms with E-state index >= 15 is 0 Å². The number of alkyl halides is 1. The standard InChI is InChI=1S/C16H22FN/c1-11-3-4-13(7-12(11)2)8-16(17)9-14-5-6-15(10-16)18-14/h3-4,7,14-15,18H,5-6,8-10H2,1-2H3. The average Bonchev–Trinajstić information content (AvgIpc) is 2.64. The first kappa shape index (κ1) is 12.2. The zero-order valence-electron chi connectivity index (χ0n) is 11.3. The third kappa shape index (κ3) is 2.31. The molecule has 0 aromatic heterocycles. The van der Waals surface area contributed by atoms with Gasteiger partial charge in [-0.2, -0.15) is 0 Å². The quantitative estimate of drug-likeness (QED) is 0.844. The molecule has 2 aliphatic heterocycles. The largest absolute Gasteiger partial charge is 0.311 e. The first-order valence-electron chi connectivity index (χ1n) is 7.05. The Morgan fingerprint density at radius 3 is 2.44 bits per heavy atom. The van der Waals surface area contributed by atoms with Crippen LogP contribution in [-0.2, 0) is 6.42 Å². The summed E-state index contributed by atoms with van der Waals surface area (Å²) in [4.78, 5) is 0. The highest BCUT2D eigenvalue weighted by atomic mass is 19.1. The van der Waals surface area contributed by atoms with Gasteiger partial charge in [0.1, 0.15) is 5.67 Å². The lowest BCUT2D eigenvalue weighted by Gasteiger charge is -2.35. The molecular formula is C16H22FN. The Bertz CT molecular complexity index is 442. The molecule has 2 unspecified atom stereocenters. The van der Waals surface area contributed by atoms with Gasteiger partial charge in [0.15, 0.2) is 0 Å². The molecule has 3 rings (SSSR count). The molecule has 2 fully saturated rings. The van der Waals surface area contributed by atoms with Gasteiger partial charge in [-0.3, -0.25) is 0 Å². The van der Waals surface area contributed by atoms with Crippen LogP contribution in [0.2, 0.25) is 0 Å². The molecule has 2 saturated heterocycles. The minimum absolute atomic E-state index is 0.417. The van der Waals surface area contributed by atoms with Gasteiger partial charge in [-0.05, 0) is 56.2 Å². The lowest BCUT2D eigenvalue weighted by molar-refractivity contribution is 0.0893. The van der Waals surface area contributed by atoms with Gasteiger partial charge in [-0.25, -0.2) is 4.39 Å². The van der Waals surface area contributed by atoms with Crippen LogP contribution in [0.4, 0.5) is 4.39 Å². The van der Waals surface area contributed by atoms with E-state index in [0.717, 1.165) is 18.4 Å². The maximum absolute atomic E-state index is 15.0. The molecule has 0 spiro atoms. The maximum atomic E-state index is 15.0. The molecule has 2 atom stereocenters. The maximum Gasteiger partial charge on any atom is 0.118 e. The Kier molecular flexibility index (Phi) is 2.93. The lowest BCUT2D eigenvalue weighted by atomic mass is 9.83. The molecule has 1 aromatic carbocycles. The van der Waals surface area contributed by atoms with Crippen molar-refractivity contribution in [3.8, 4) is 0 Å². The zero-order valence-corrected chi connectivity index (χ0v) is 11.3. The van der Waals surface area contributed by atoms with Crippen molar-refractivity contribution in [3.63, 3.8) is 0 Å². The van der Waals surface area contributed by atoms with E-state index in [0.29, 0.717) is 31.3 Å². The van der Waals surface area contributed by atoms with E-state index in [4.69, 9.17) is 0 Å². The number of hydrogen-bond donors (Lipinski definition) is 1. The third-order valence-electron chi connectivity index (χ3n) is 4.65. The van der Waals surface area contributed by atoms with E-state index in [2.05, 4.69) is 37.4 Å². The molecule has 0 saturated carbocycles. The Balaban J connectivity index is 1.77. The zero-order chi connectivity index (χ0) is 12.8. The predicted molar refractivity (Wildman–Crippen MR) is 72.6 cm³/mol. The highest BCUT2D eigenvalue weighted by Gasteiger charge is 2.43. The second-order valence-electron chi connectivity index (χ2n) is 6.29. The molecule has 18 heavy (non-hydrogen) atoms. The smallest absolute Gasteiger partial charge is 0.118 e. The van der Waals surface area contributed by atoms with Gasteiger partial charge in [0, 0.05) is 18.5 Å². The highest BCUT2D eigenvalue weighted by molar-refractivity contribution is 5.31. The SMILES string of the molecule is Cc1ccc(CC2(F)CC3CCC(C2)N3)cc1C. The van der Waals surface area contributed by atoms with Crippen LogP contribution in [-0.4, -0.2) is 17.8 Å². The van der Waals surface area contributed by atoms with Crippen LogP contribution < -0.4 is 5.32 Å². The van der Waals surface area contributed by atoms with Gasteiger partial charge in [-0.1, -0.05) is 18.2 Å². The van der Waals surface area contributed by atoms with E-state index in [-0.39, 0.29) is 0 Å². The van der Waals surface area contributed by atoms with Gasteiger partial charge in [-0.15, -0.1) is 0 Å². The van der Waals surface area contributed by atoms with Crippen LogP contribution in [0.5, 0.6) is 0 Å². The van der Waals surface area contributed by atoms with Crippen LogP contribution in [0.3, 0.4) is 0 Å². The molecule has 98 valence electrons. The Morgan fingerprint density at radius 2 is 1.83 bits per heavy atom. The molecule has 1 N–H and O–H groups in total. The average molecular weight is 247 g/mol. The van der Waals surface area contributed by atoms with Crippen molar-refractivity contribution in [3.05, 3.63) is 34.9 Å². The summed E-state index contributed by atoms with van der Waals surface area (Å²) >= 11 is 0. The Hall–Kier alpha value is -0.890. The number of nitrogens with one attached hydrogen (secondary N) is 1. The molecule has 1 nitrogen and oxygen atoms in total. The van der Waals surface area contributed by atoms with E-state index in [1.165, 1.54) is 11.1 Å². The summed E-state index contributed by atoms with van der Waals surface area (Å²) in [6.45, 7) is 4.21. The van der Waals surface area contributed by atoms with Crippen LogP contribution in [0, 0.1) is 13.8 Å². The summed E-state index contributed by atoms with van der Waals surface area (Å²) < 4.78 is 15.0.